The average Bonchev–Trinajstić information content (AvgIpc) is 3.23. The lowest BCUT2D eigenvalue weighted by Crippen LogP contribution is -2.46. The number of morpholine rings is 1. The Hall–Kier alpha value is -2.52. The summed E-state index contributed by atoms with van der Waals surface area (Å²) in [6.07, 6.45) is 6.00. The highest BCUT2D eigenvalue weighted by molar-refractivity contribution is 5.92. The molecule has 0 radical (unpaired) electrons. The summed E-state index contributed by atoms with van der Waals surface area (Å²) in [6, 6.07) is 1.82. The lowest BCUT2D eigenvalue weighted by Gasteiger charge is -2.33. The maximum Gasteiger partial charge on any atom is 0.275 e. The van der Waals surface area contributed by atoms with E-state index in [0.29, 0.717) is 37.8 Å². The van der Waals surface area contributed by atoms with E-state index in [1.54, 1.807) is 17.3 Å². The van der Waals surface area contributed by atoms with Gasteiger partial charge < -0.3 is 19.0 Å². The summed E-state index contributed by atoms with van der Waals surface area (Å²) in [5.74, 6) is 1.26. The van der Waals surface area contributed by atoms with E-state index in [0.717, 1.165) is 38.5 Å². The van der Waals surface area contributed by atoms with E-state index in [1.807, 2.05) is 6.07 Å². The molecule has 0 N–H and O–H groups in total. The van der Waals surface area contributed by atoms with E-state index in [2.05, 4.69) is 31.7 Å². The maximum atomic E-state index is 12.7. The van der Waals surface area contributed by atoms with Crippen molar-refractivity contribution in [2.24, 2.45) is 0 Å². The van der Waals surface area contributed by atoms with Crippen molar-refractivity contribution in [2.75, 3.05) is 50.8 Å². The molecule has 0 saturated carbocycles. The third kappa shape index (κ3) is 4.31. The van der Waals surface area contributed by atoms with Crippen molar-refractivity contribution in [3.63, 3.8) is 0 Å². The fraction of sp³-hybridized carbons (Fsp3) is 0.579. The number of nitrogens with zero attached hydrogens (tertiary/aromatic N) is 6. The maximum absolute atomic E-state index is 12.7. The second-order valence-corrected chi connectivity index (χ2v) is 7.09. The Morgan fingerprint density at radius 2 is 1.96 bits per heavy atom. The van der Waals surface area contributed by atoms with Gasteiger partial charge in [0.05, 0.1) is 19.3 Å². The standard InChI is InChI=1S/C19H26N6O3/c1-2-15-12-25(10-11-27-15)18(26)16-14-28-17(22-16)13-23-6-8-24(9-7-23)19-20-4-3-5-21-19/h3-5,14-15H,2,6-13H2,1H3/t15-/m1/s1. The van der Waals surface area contributed by atoms with Gasteiger partial charge in [0.2, 0.25) is 11.8 Å². The number of rotatable bonds is 5. The highest BCUT2D eigenvalue weighted by atomic mass is 16.5. The number of anilines is 1. The van der Waals surface area contributed by atoms with Crippen LogP contribution in [0.25, 0.3) is 0 Å². The summed E-state index contributed by atoms with van der Waals surface area (Å²) in [4.78, 5) is 32.0. The van der Waals surface area contributed by atoms with E-state index in [-0.39, 0.29) is 12.0 Å². The van der Waals surface area contributed by atoms with E-state index in [9.17, 15) is 4.79 Å². The smallest absolute Gasteiger partial charge is 0.275 e. The number of oxazole rings is 1. The van der Waals surface area contributed by atoms with Crippen LogP contribution in [0.4, 0.5) is 5.95 Å². The molecule has 1 amide bonds. The molecule has 9 heteroatoms. The molecule has 9 nitrogen and oxygen atoms in total. The van der Waals surface area contributed by atoms with Crippen molar-refractivity contribution in [1.29, 1.82) is 0 Å². The van der Waals surface area contributed by atoms with Crippen LogP contribution in [0.3, 0.4) is 0 Å². The highest BCUT2D eigenvalue weighted by Crippen LogP contribution is 2.15. The fourth-order valence-electron chi connectivity index (χ4n) is 3.55. The van der Waals surface area contributed by atoms with Gasteiger partial charge in [0.25, 0.3) is 5.91 Å². The molecule has 0 aromatic carbocycles. The number of hydrogen-bond donors (Lipinski definition) is 0. The summed E-state index contributed by atoms with van der Waals surface area (Å²) in [6.45, 7) is 7.88. The second-order valence-electron chi connectivity index (χ2n) is 7.09. The van der Waals surface area contributed by atoms with Crippen molar-refractivity contribution < 1.29 is 13.9 Å². The van der Waals surface area contributed by atoms with Crippen LogP contribution in [0, 0.1) is 0 Å². The van der Waals surface area contributed by atoms with Gasteiger partial charge in [-0.2, -0.15) is 0 Å². The van der Waals surface area contributed by atoms with Crippen LogP contribution in [0.2, 0.25) is 0 Å². The molecule has 2 aliphatic rings. The van der Waals surface area contributed by atoms with Crippen LogP contribution in [0.1, 0.15) is 29.7 Å². The van der Waals surface area contributed by atoms with E-state index >= 15 is 0 Å². The molecule has 28 heavy (non-hydrogen) atoms. The van der Waals surface area contributed by atoms with Gasteiger partial charge in [0.15, 0.2) is 5.69 Å². The Labute approximate surface area is 164 Å². The first-order valence-corrected chi connectivity index (χ1v) is 9.82. The fourth-order valence-corrected chi connectivity index (χ4v) is 3.55. The molecule has 0 spiro atoms. The lowest BCUT2D eigenvalue weighted by atomic mass is 10.2. The van der Waals surface area contributed by atoms with Gasteiger partial charge in [-0.25, -0.2) is 15.0 Å². The SMILES string of the molecule is CC[C@@H]1CN(C(=O)c2coc(CN3CCN(c4ncccn4)CC3)n2)CCO1. The molecule has 0 bridgehead atoms. The Kier molecular flexibility index (Phi) is 5.82. The van der Waals surface area contributed by atoms with Crippen LogP contribution >= 0.6 is 0 Å². The zero-order valence-corrected chi connectivity index (χ0v) is 16.2. The van der Waals surface area contributed by atoms with E-state index in [1.165, 1.54) is 6.26 Å². The van der Waals surface area contributed by atoms with Gasteiger partial charge in [-0.3, -0.25) is 9.69 Å². The lowest BCUT2D eigenvalue weighted by molar-refractivity contribution is -0.0228. The summed E-state index contributed by atoms with van der Waals surface area (Å²) in [7, 11) is 0. The second kappa shape index (κ2) is 8.66. The molecule has 2 fully saturated rings. The van der Waals surface area contributed by atoms with Gasteiger partial charge in [0.1, 0.15) is 6.26 Å². The quantitative estimate of drug-likeness (QED) is 0.753. The zero-order chi connectivity index (χ0) is 19.3. The molecule has 2 aromatic rings. The molecule has 150 valence electrons. The number of aromatic nitrogens is 3. The molecule has 0 aliphatic carbocycles. The number of hydrogen-bond acceptors (Lipinski definition) is 8. The molecular weight excluding hydrogens is 360 g/mol. The van der Waals surface area contributed by atoms with Gasteiger partial charge in [-0.05, 0) is 12.5 Å². The van der Waals surface area contributed by atoms with E-state index in [4.69, 9.17) is 9.15 Å². The van der Waals surface area contributed by atoms with Crippen molar-refractivity contribution in [2.45, 2.75) is 26.0 Å². The Bertz CT molecular complexity index is 775. The van der Waals surface area contributed by atoms with Gasteiger partial charge in [0, 0.05) is 51.7 Å². The van der Waals surface area contributed by atoms with Crippen LogP contribution in [-0.4, -0.2) is 82.6 Å². The number of ether oxygens (including phenoxy) is 1. The van der Waals surface area contributed by atoms with Crippen molar-refractivity contribution in [3.05, 3.63) is 36.3 Å². The first kappa shape index (κ1) is 18.8. The molecule has 1 atom stereocenters. The van der Waals surface area contributed by atoms with E-state index < -0.39 is 0 Å². The summed E-state index contributed by atoms with van der Waals surface area (Å²) in [5.41, 5.74) is 0.378. The van der Waals surface area contributed by atoms with Crippen LogP contribution < -0.4 is 4.90 Å². The largest absolute Gasteiger partial charge is 0.447 e. The summed E-state index contributed by atoms with van der Waals surface area (Å²) >= 11 is 0. The topological polar surface area (TPSA) is 87.8 Å². The first-order valence-electron chi connectivity index (χ1n) is 9.82. The molecule has 2 saturated heterocycles. The zero-order valence-electron chi connectivity index (χ0n) is 16.2. The minimum Gasteiger partial charge on any atom is -0.447 e. The summed E-state index contributed by atoms with van der Waals surface area (Å²) < 4.78 is 11.2. The number of carbonyl (C=O) groups excluding carboxylic acids is 1. The van der Waals surface area contributed by atoms with Gasteiger partial charge >= 0.3 is 0 Å². The Balaban J connectivity index is 1.30. The van der Waals surface area contributed by atoms with Crippen LogP contribution in [0.15, 0.2) is 29.1 Å². The average molecular weight is 386 g/mol. The molecule has 4 heterocycles. The van der Waals surface area contributed by atoms with Gasteiger partial charge in [-0.1, -0.05) is 6.92 Å². The minimum atomic E-state index is -0.0807. The normalized spacial score (nSPS) is 21.1. The van der Waals surface area contributed by atoms with Crippen molar-refractivity contribution in [1.82, 2.24) is 24.8 Å². The van der Waals surface area contributed by atoms with Gasteiger partial charge in [-0.15, -0.1) is 0 Å². The monoisotopic (exact) mass is 386 g/mol. The van der Waals surface area contributed by atoms with Crippen molar-refractivity contribution >= 4 is 11.9 Å². The predicted molar refractivity (Wildman–Crippen MR) is 102 cm³/mol. The number of piperazine rings is 1. The first-order chi connectivity index (χ1) is 13.7. The molecule has 4 rings (SSSR count). The molecule has 2 aliphatic heterocycles. The van der Waals surface area contributed by atoms with Crippen LogP contribution in [-0.2, 0) is 11.3 Å². The van der Waals surface area contributed by atoms with Crippen molar-refractivity contribution in [3.8, 4) is 0 Å². The number of amides is 1. The Morgan fingerprint density at radius 3 is 2.71 bits per heavy atom. The summed E-state index contributed by atoms with van der Waals surface area (Å²) in [5, 5.41) is 0. The highest BCUT2D eigenvalue weighted by Gasteiger charge is 2.27. The third-order valence-electron chi connectivity index (χ3n) is 5.22. The molecule has 0 unspecified atom stereocenters. The third-order valence-corrected chi connectivity index (χ3v) is 5.22. The van der Waals surface area contributed by atoms with Crippen LogP contribution in [0.5, 0.6) is 0 Å². The molecular formula is C19H26N6O3. The predicted octanol–water partition coefficient (Wildman–Crippen LogP) is 1.04. The number of carbonyl (C=O) groups is 1. The molecule has 2 aromatic heterocycles. The minimum absolute atomic E-state index is 0.0807. The Morgan fingerprint density at radius 1 is 1.18 bits per heavy atom.